The fraction of sp³-hybridized carbons (Fsp3) is 0.174. The van der Waals surface area contributed by atoms with Crippen molar-refractivity contribution in [2.24, 2.45) is 0 Å². The van der Waals surface area contributed by atoms with Crippen LogP contribution in [0, 0.1) is 0 Å². The molecule has 0 unspecified atom stereocenters. The maximum absolute atomic E-state index is 12.6. The fourth-order valence-electron chi connectivity index (χ4n) is 2.89. The Morgan fingerprint density at radius 3 is 2.27 bits per heavy atom. The summed E-state index contributed by atoms with van der Waals surface area (Å²) in [5.41, 5.74) is 3.15. The van der Waals surface area contributed by atoms with E-state index in [1.807, 2.05) is 73.6 Å². The minimum absolute atomic E-state index is 0.0562. The molecule has 0 bridgehead atoms. The molecule has 0 heterocycles. The van der Waals surface area contributed by atoms with E-state index in [2.05, 4.69) is 10.0 Å². The molecular weight excluding hydrogens is 398 g/mol. The molecule has 0 saturated heterocycles. The number of hydrogen-bond donors (Lipinski definition) is 2. The quantitative estimate of drug-likeness (QED) is 0.583. The molecule has 0 fully saturated rings. The van der Waals surface area contributed by atoms with E-state index in [-0.39, 0.29) is 17.3 Å². The summed E-state index contributed by atoms with van der Waals surface area (Å²) in [6, 6.07) is 23.1. The van der Waals surface area contributed by atoms with Crippen molar-refractivity contribution in [2.45, 2.75) is 18.0 Å². The number of anilines is 1. The normalized spacial score (nSPS) is 11.1. The van der Waals surface area contributed by atoms with E-state index < -0.39 is 10.0 Å². The number of carbonyl (C=O) groups excluding carboxylic acids is 1. The second-order valence-corrected chi connectivity index (χ2v) is 8.85. The van der Waals surface area contributed by atoms with E-state index in [1.54, 1.807) is 12.1 Å². The van der Waals surface area contributed by atoms with Gasteiger partial charge in [-0.15, -0.1) is 0 Å². The predicted octanol–water partition coefficient (Wildman–Crippen LogP) is 3.16. The standard InChI is InChI=1S/C23H25N3O3S/c1-26(2)21-12-6-10-19(14-21)16-24-23(27)20-11-7-13-22(15-20)30(28,29)25-17-18-8-4-3-5-9-18/h3-15,25H,16-17H2,1-2H3,(H,24,27). The number of rotatable bonds is 8. The molecule has 2 N–H and O–H groups in total. The molecule has 30 heavy (non-hydrogen) atoms. The van der Waals surface area contributed by atoms with Crippen LogP contribution in [0.2, 0.25) is 0 Å². The number of nitrogens with one attached hydrogen (secondary N) is 2. The van der Waals surface area contributed by atoms with Crippen LogP contribution in [-0.4, -0.2) is 28.4 Å². The Bertz CT molecular complexity index is 1110. The van der Waals surface area contributed by atoms with E-state index >= 15 is 0 Å². The lowest BCUT2D eigenvalue weighted by Gasteiger charge is -2.14. The molecule has 0 spiro atoms. The lowest BCUT2D eigenvalue weighted by molar-refractivity contribution is 0.0950. The zero-order chi connectivity index (χ0) is 21.6. The number of amides is 1. The molecule has 0 atom stereocenters. The first-order chi connectivity index (χ1) is 14.3. The third-order valence-corrected chi connectivity index (χ3v) is 5.99. The van der Waals surface area contributed by atoms with Crippen LogP contribution in [0.25, 0.3) is 0 Å². The van der Waals surface area contributed by atoms with Gasteiger partial charge in [-0.25, -0.2) is 13.1 Å². The molecule has 0 aliphatic carbocycles. The molecule has 3 aromatic rings. The van der Waals surface area contributed by atoms with Gasteiger partial charge >= 0.3 is 0 Å². The average Bonchev–Trinajstić information content (AvgIpc) is 2.77. The Kier molecular flexibility index (Phi) is 6.87. The van der Waals surface area contributed by atoms with Gasteiger partial charge in [-0.05, 0) is 41.5 Å². The largest absolute Gasteiger partial charge is 0.378 e. The number of benzene rings is 3. The van der Waals surface area contributed by atoms with Crippen LogP contribution in [0.5, 0.6) is 0 Å². The third-order valence-electron chi connectivity index (χ3n) is 4.60. The van der Waals surface area contributed by atoms with Crippen LogP contribution < -0.4 is 14.9 Å². The van der Waals surface area contributed by atoms with Crippen molar-refractivity contribution in [1.82, 2.24) is 10.0 Å². The van der Waals surface area contributed by atoms with Gasteiger partial charge in [0.05, 0.1) is 4.90 Å². The molecule has 3 aromatic carbocycles. The van der Waals surface area contributed by atoms with Crippen molar-refractivity contribution in [2.75, 3.05) is 19.0 Å². The van der Waals surface area contributed by atoms with Gasteiger partial charge in [0.2, 0.25) is 10.0 Å². The summed E-state index contributed by atoms with van der Waals surface area (Å²) in [5, 5.41) is 2.85. The lowest BCUT2D eigenvalue weighted by atomic mass is 10.1. The number of sulfonamides is 1. The summed E-state index contributed by atoms with van der Waals surface area (Å²) in [4.78, 5) is 14.6. The van der Waals surface area contributed by atoms with Crippen LogP contribution in [0.1, 0.15) is 21.5 Å². The van der Waals surface area contributed by atoms with Crippen LogP contribution in [0.3, 0.4) is 0 Å². The smallest absolute Gasteiger partial charge is 0.251 e. The zero-order valence-electron chi connectivity index (χ0n) is 17.0. The van der Waals surface area contributed by atoms with Gasteiger partial charge in [0.15, 0.2) is 0 Å². The monoisotopic (exact) mass is 423 g/mol. The van der Waals surface area contributed by atoms with Crippen molar-refractivity contribution in [3.8, 4) is 0 Å². The Morgan fingerprint density at radius 2 is 1.53 bits per heavy atom. The highest BCUT2D eigenvalue weighted by atomic mass is 32.2. The molecule has 156 valence electrons. The molecule has 0 saturated carbocycles. The Morgan fingerprint density at radius 1 is 0.833 bits per heavy atom. The number of nitrogens with zero attached hydrogens (tertiary/aromatic N) is 1. The van der Waals surface area contributed by atoms with Crippen LogP contribution in [-0.2, 0) is 23.1 Å². The maximum atomic E-state index is 12.6. The van der Waals surface area contributed by atoms with Crippen molar-refractivity contribution < 1.29 is 13.2 Å². The highest BCUT2D eigenvalue weighted by Gasteiger charge is 2.16. The second-order valence-electron chi connectivity index (χ2n) is 7.08. The summed E-state index contributed by atoms with van der Waals surface area (Å²) in [5.74, 6) is -0.328. The highest BCUT2D eigenvalue weighted by Crippen LogP contribution is 2.15. The minimum Gasteiger partial charge on any atom is -0.378 e. The maximum Gasteiger partial charge on any atom is 0.251 e. The Balaban J connectivity index is 1.66. The van der Waals surface area contributed by atoms with Gasteiger partial charge < -0.3 is 10.2 Å². The molecular formula is C23H25N3O3S. The molecule has 0 radical (unpaired) electrons. The van der Waals surface area contributed by atoms with E-state index in [4.69, 9.17) is 0 Å². The first-order valence-corrected chi connectivity index (χ1v) is 11.0. The van der Waals surface area contributed by atoms with Crippen LogP contribution in [0.15, 0.2) is 83.8 Å². The summed E-state index contributed by atoms with van der Waals surface area (Å²) in [6.45, 7) is 0.533. The zero-order valence-corrected chi connectivity index (χ0v) is 17.8. The van der Waals surface area contributed by atoms with Crippen LogP contribution >= 0.6 is 0 Å². The Hall–Kier alpha value is -3.16. The van der Waals surface area contributed by atoms with Crippen molar-refractivity contribution in [1.29, 1.82) is 0 Å². The average molecular weight is 424 g/mol. The molecule has 7 heteroatoms. The van der Waals surface area contributed by atoms with E-state index in [0.717, 1.165) is 16.8 Å². The molecule has 3 rings (SSSR count). The van der Waals surface area contributed by atoms with E-state index in [1.165, 1.54) is 12.1 Å². The fourth-order valence-corrected chi connectivity index (χ4v) is 3.95. The molecule has 0 aliphatic heterocycles. The van der Waals surface area contributed by atoms with Gasteiger partial charge in [0.1, 0.15) is 0 Å². The van der Waals surface area contributed by atoms with Gasteiger partial charge in [-0.2, -0.15) is 0 Å². The summed E-state index contributed by atoms with van der Waals surface area (Å²) < 4.78 is 27.8. The molecule has 1 amide bonds. The first kappa shape index (κ1) is 21.5. The van der Waals surface area contributed by atoms with Gasteiger partial charge in [-0.1, -0.05) is 48.5 Å². The number of hydrogen-bond acceptors (Lipinski definition) is 4. The number of carbonyl (C=O) groups is 1. The SMILES string of the molecule is CN(C)c1cccc(CNC(=O)c2cccc(S(=O)(=O)NCc3ccccc3)c2)c1. The van der Waals surface area contributed by atoms with Crippen LogP contribution in [0.4, 0.5) is 5.69 Å². The van der Waals surface area contributed by atoms with Gasteiger partial charge in [0.25, 0.3) is 5.91 Å². The first-order valence-electron chi connectivity index (χ1n) is 9.53. The lowest BCUT2D eigenvalue weighted by Crippen LogP contribution is -2.25. The van der Waals surface area contributed by atoms with Gasteiger partial charge in [-0.3, -0.25) is 4.79 Å². The Labute approximate surface area is 177 Å². The van der Waals surface area contributed by atoms with E-state index in [9.17, 15) is 13.2 Å². The van der Waals surface area contributed by atoms with Crippen molar-refractivity contribution >= 4 is 21.6 Å². The second kappa shape index (κ2) is 9.56. The van der Waals surface area contributed by atoms with E-state index in [0.29, 0.717) is 12.1 Å². The predicted molar refractivity (Wildman–Crippen MR) is 119 cm³/mol. The molecule has 0 aromatic heterocycles. The topological polar surface area (TPSA) is 78.5 Å². The summed E-state index contributed by atoms with van der Waals surface area (Å²) in [7, 11) is 0.175. The molecule has 0 aliphatic rings. The van der Waals surface area contributed by atoms with Crippen molar-refractivity contribution in [3.63, 3.8) is 0 Å². The minimum atomic E-state index is -3.73. The van der Waals surface area contributed by atoms with Gasteiger partial charge in [0, 0.05) is 38.4 Å². The van der Waals surface area contributed by atoms with Crippen molar-refractivity contribution in [3.05, 3.63) is 95.6 Å². The third kappa shape index (κ3) is 5.68. The highest BCUT2D eigenvalue weighted by molar-refractivity contribution is 7.89. The summed E-state index contributed by atoms with van der Waals surface area (Å²) in [6.07, 6.45) is 0. The summed E-state index contributed by atoms with van der Waals surface area (Å²) >= 11 is 0. The molecule has 6 nitrogen and oxygen atoms in total.